The molecule has 98 valence electrons. The predicted molar refractivity (Wildman–Crippen MR) is 73.9 cm³/mol. The predicted octanol–water partition coefficient (Wildman–Crippen LogP) is 2.65. The van der Waals surface area contributed by atoms with Crippen molar-refractivity contribution in [2.75, 3.05) is 0 Å². The van der Waals surface area contributed by atoms with Crippen molar-refractivity contribution >= 4 is 17.5 Å². The number of halogens is 1. The van der Waals surface area contributed by atoms with Gasteiger partial charge in [-0.1, -0.05) is 11.6 Å². The lowest BCUT2D eigenvalue weighted by Gasteiger charge is -2.26. The van der Waals surface area contributed by atoms with Gasteiger partial charge in [0.25, 0.3) is 5.91 Å². The van der Waals surface area contributed by atoms with E-state index in [4.69, 9.17) is 17.3 Å². The number of rotatable bonds is 2. The van der Waals surface area contributed by atoms with Crippen molar-refractivity contribution in [1.29, 1.82) is 0 Å². The largest absolute Gasteiger partial charge is 0.349 e. The fourth-order valence-electron chi connectivity index (χ4n) is 2.40. The van der Waals surface area contributed by atoms with Gasteiger partial charge >= 0.3 is 0 Å². The zero-order valence-electron chi connectivity index (χ0n) is 10.6. The molecule has 3 N–H and O–H groups in total. The topological polar surface area (TPSA) is 55.1 Å². The second-order valence-corrected chi connectivity index (χ2v) is 5.54. The summed E-state index contributed by atoms with van der Waals surface area (Å²) in [5.41, 5.74) is 7.48. The first-order chi connectivity index (χ1) is 8.54. The first kappa shape index (κ1) is 13.4. The maximum atomic E-state index is 12.1. The molecule has 1 fully saturated rings. The molecule has 0 bridgehead atoms. The highest BCUT2D eigenvalue weighted by Gasteiger charge is 2.20. The lowest BCUT2D eigenvalue weighted by molar-refractivity contribution is 0.0926. The van der Waals surface area contributed by atoms with Crippen molar-refractivity contribution < 1.29 is 4.79 Å². The number of benzene rings is 1. The third-order valence-corrected chi connectivity index (χ3v) is 3.63. The molecule has 1 aromatic carbocycles. The summed E-state index contributed by atoms with van der Waals surface area (Å²) >= 11 is 5.96. The molecule has 3 nitrogen and oxygen atoms in total. The number of carbonyl (C=O) groups excluding carboxylic acids is 1. The molecule has 0 saturated heterocycles. The monoisotopic (exact) mass is 266 g/mol. The summed E-state index contributed by atoms with van der Waals surface area (Å²) in [5, 5.41) is 3.66. The van der Waals surface area contributed by atoms with Gasteiger partial charge in [0, 0.05) is 22.7 Å². The second kappa shape index (κ2) is 5.72. The summed E-state index contributed by atoms with van der Waals surface area (Å²) in [5.74, 6) is -0.0407. The van der Waals surface area contributed by atoms with Crippen LogP contribution in [0.25, 0.3) is 0 Å². The van der Waals surface area contributed by atoms with E-state index in [0.29, 0.717) is 16.6 Å². The normalized spacial score (nSPS) is 23.7. The van der Waals surface area contributed by atoms with Crippen LogP contribution in [0.1, 0.15) is 41.6 Å². The van der Waals surface area contributed by atoms with Crippen LogP contribution < -0.4 is 11.1 Å². The lowest BCUT2D eigenvalue weighted by Crippen LogP contribution is -2.40. The molecule has 1 amide bonds. The molecule has 1 aromatic rings. The van der Waals surface area contributed by atoms with Crippen LogP contribution in [-0.2, 0) is 0 Å². The minimum atomic E-state index is -0.0407. The van der Waals surface area contributed by atoms with Gasteiger partial charge in [0.05, 0.1) is 0 Å². The van der Waals surface area contributed by atoms with Crippen LogP contribution in [0.3, 0.4) is 0 Å². The van der Waals surface area contributed by atoms with Gasteiger partial charge in [0.1, 0.15) is 0 Å². The Balaban J connectivity index is 1.99. The molecule has 0 aromatic heterocycles. The summed E-state index contributed by atoms with van der Waals surface area (Å²) in [7, 11) is 0. The minimum absolute atomic E-state index is 0.0407. The van der Waals surface area contributed by atoms with Crippen LogP contribution in [0.4, 0.5) is 0 Å². The summed E-state index contributed by atoms with van der Waals surface area (Å²) in [6.45, 7) is 1.93. The Labute approximate surface area is 113 Å². The summed E-state index contributed by atoms with van der Waals surface area (Å²) < 4.78 is 0. The van der Waals surface area contributed by atoms with Gasteiger partial charge in [-0.05, 0) is 56.4 Å². The average molecular weight is 267 g/mol. The Bertz CT molecular complexity index is 419. The van der Waals surface area contributed by atoms with Gasteiger partial charge in [-0.3, -0.25) is 4.79 Å². The number of hydrogen-bond acceptors (Lipinski definition) is 2. The van der Waals surface area contributed by atoms with Crippen molar-refractivity contribution in [3.05, 3.63) is 34.3 Å². The zero-order chi connectivity index (χ0) is 13.1. The first-order valence-electron chi connectivity index (χ1n) is 6.38. The second-order valence-electron chi connectivity index (χ2n) is 5.10. The quantitative estimate of drug-likeness (QED) is 0.865. The van der Waals surface area contributed by atoms with Crippen LogP contribution >= 0.6 is 11.6 Å². The number of carbonyl (C=O) groups is 1. The SMILES string of the molecule is Cc1cc(Cl)cc(C(=O)NC2CCC(N)CC2)c1. The van der Waals surface area contributed by atoms with E-state index in [2.05, 4.69) is 5.32 Å². The third-order valence-electron chi connectivity index (χ3n) is 3.41. The fraction of sp³-hybridized carbons (Fsp3) is 0.500. The molecule has 0 radical (unpaired) electrons. The molecule has 1 aliphatic carbocycles. The Morgan fingerprint density at radius 1 is 1.28 bits per heavy atom. The number of nitrogens with two attached hydrogens (primary N) is 1. The van der Waals surface area contributed by atoms with Crippen LogP contribution in [0.15, 0.2) is 18.2 Å². The molecular weight excluding hydrogens is 248 g/mol. The maximum absolute atomic E-state index is 12.1. The summed E-state index contributed by atoms with van der Waals surface area (Å²) in [6, 6.07) is 5.95. The maximum Gasteiger partial charge on any atom is 0.251 e. The minimum Gasteiger partial charge on any atom is -0.349 e. The zero-order valence-corrected chi connectivity index (χ0v) is 11.3. The standard InChI is InChI=1S/C14H19ClN2O/c1-9-6-10(8-11(15)7-9)14(18)17-13-4-2-12(16)3-5-13/h6-8,12-13H,2-5,16H2,1H3,(H,17,18). The van der Waals surface area contributed by atoms with Crippen molar-refractivity contribution in [3.63, 3.8) is 0 Å². The molecule has 1 aliphatic rings. The Morgan fingerprint density at radius 3 is 2.56 bits per heavy atom. The molecule has 0 heterocycles. The molecule has 4 heteroatoms. The molecule has 0 spiro atoms. The number of amides is 1. The van der Waals surface area contributed by atoms with Crippen LogP contribution in [-0.4, -0.2) is 18.0 Å². The van der Waals surface area contributed by atoms with Gasteiger partial charge in [-0.15, -0.1) is 0 Å². The Hall–Kier alpha value is -1.06. The highest BCUT2D eigenvalue weighted by Crippen LogP contribution is 2.19. The highest BCUT2D eigenvalue weighted by molar-refractivity contribution is 6.31. The van der Waals surface area contributed by atoms with E-state index >= 15 is 0 Å². The molecular formula is C14H19ClN2O. The number of aryl methyl sites for hydroxylation is 1. The molecule has 1 saturated carbocycles. The molecule has 2 rings (SSSR count). The summed E-state index contributed by atoms with van der Waals surface area (Å²) in [6.07, 6.45) is 3.90. The fourth-order valence-corrected chi connectivity index (χ4v) is 2.69. The van der Waals surface area contributed by atoms with E-state index in [-0.39, 0.29) is 11.9 Å². The van der Waals surface area contributed by atoms with Crippen molar-refractivity contribution in [1.82, 2.24) is 5.32 Å². The Kier molecular flexibility index (Phi) is 4.25. The lowest BCUT2D eigenvalue weighted by atomic mass is 9.91. The summed E-state index contributed by atoms with van der Waals surface area (Å²) in [4.78, 5) is 12.1. The van der Waals surface area contributed by atoms with Gasteiger partial charge in [-0.25, -0.2) is 0 Å². The molecule has 0 unspecified atom stereocenters. The van der Waals surface area contributed by atoms with Crippen molar-refractivity contribution in [3.8, 4) is 0 Å². The Morgan fingerprint density at radius 2 is 1.94 bits per heavy atom. The van der Waals surface area contributed by atoms with E-state index in [1.165, 1.54) is 0 Å². The third kappa shape index (κ3) is 3.47. The number of hydrogen-bond donors (Lipinski definition) is 2. The van der Waals surface area contributed by atoms with Gasteiger partial charge < -0.3 is 11.1 Å². The van der Waals surface area contributed by atoms with Gasteiger partial charge in [0.2, 0.25) is 0 Å². The number of nitrogens with one attached hydrogen (secondary N) is 1. The van der Waals surface area contributed by atoms with Crippen LogP contribution in [0.2, 0.25) is 5.02 Å². The van der Waals surface area contributed by atoms with E-state index in [0.717, 1.165) is 31.2 Å². The molecule has 0 atom stereocenters. The first-order valence-corrected chi connectivity index (χ1v) is 6.76. The highest BCUT2D eigenvalue weighted by atomic mass is 35.5. The van der Waals surface area contributed by atoms with E-state index in [1.807, 2.05) is 19.1 Å². The van der Waals surface area contributed by atoms with Crippen molar-refractivity contribution in [2.45, 2.75) is 44.7 Å². The molecule has 0 aliphatic heterocycles. The van der Waals surface area contributed by atoms with Gasteiger partial charge in [0.15, 0.2) is 0 Å². The average Bonchev–Trinajstić information content (AvgIpc) is 2.31. The van der Waals surface area contributed by atoms with Gasteiger partial charge in [-0.2, -0.15) is 0 Å². The van der Waals surface area contributed by atoms with E-state index in [1.54, 1.807) is 6.07 Å². The van der Waals surface area contributed by atoms with E-state index < -0.39 is 0 Å². The smallest absolute Gasteiger partial charge is 0.251 e. The van der Waals surface area contributed by atoms with Crippen LogP contribution in [0, 0.1) is 6.92 Å². The van der Waals surface area contributed by atoms with E-state index in [9.17, 15) is 4.79 Å². The van der Waals surface area contributed by atoms with Crippen LogP contribution in [0.5, 0.6) is 0 Å². The van der Waals surface area contributed by atoms with Crippen molar-refractivity contribution in [2.24, 2.45) is 5.73 Å². The molecule has 18 heavy (non-hydrogen) atoms.